The monoisotopic (exact) mass is 273 g/mol. The molecule has 2 rings (SSSR count). The molecule has 1 amide bonds. The first kappa shape index (κ1) is 13.7. The molecule has 0 aromatic rings. The van der Waals surface area contributed by atoms with Gasteiger partial charge in [-0.25, -0.2) is 4.79 Å². The second-order valence-electron chi connectivity index (χ2n) is 5.34. The Bertz CT molecular complexity index is 367. The van der Waals surface area contributed by atoms with E-state index >= 15 is 0 Å². The highest BCUT2D eigenvalue weighted by atomic mass is 32.2. The summed E-state index contributed by atoms with van der Waals surface area (Å²) in [7, 11) is 1.48. The number of ether oxygens (including phenoxy) is 1. The number of hydrogen-bond acceptors (Lipinski definition) is 4. The van der Waals surface area contributed by atoms with E-state index in [9.17, 15) is 14.7 Å². The van der Waals surface area contributed by atoms with Crippen molar-refractivity contribution < 1.29 is 19.4 Å². The Hall–Kier alpha value is -0.750. The third-order valence-electron chi connectivity index (χ3n) is 3.60. The van der Waals surface area contributed by atoms with Gasteiger partial charge in [0.05, 0.1) is 5.37 Å². The molecule has 1 aliphatic carbocycles. The molecule has 0 bridgehead atoms. The van der Waals surface area contributed by atoms with Gasteiger partial charge in [0.25, 0.3) is 5.91 Å². The lowest BCUT2D eigenvalue weighted by molar-refractivity contribution is -0.160. The van der Waals surface area contributed by atoms with E-state index in [-0.39, 0.29) is 11.3 Å². The molecular weight excluding hydrogens is 254 g/mol. The zero-order valence-corrected chi connectivity index (χ0v) is 11.7. The van der Waals surface area contributed by atoms with Crippen LogP contribution in [0.2, 0.25) is 0 Å². The molecule has 1 heterocycles. The molecule has 102 valence electrons. The maximum Gasteiger partial charge on any atom is 0.327 e. The summed E-state index contributed by atoms with van der Waals surface area (Å²) in [5, 5.41) is 9.25. The normalized spacial score (nSPS) is 28.5. The van der Waals surface area contributed by atoms with Gasteiger partial charge in [0.2, 0.25) is 0 Å². The summed E-state index contributed by atoms with van der Waals surface area (Å²) in [4.78, 5) is 25.3. The van der Waals surface area contributed by atoms with Crippen LogP contribution in [0.25, 0.3) is 0 Å². The topological polar surface area (TPSA) is 66.8 Å². The Morgan fingerprint density at radius 1 is 1.39 bits per heavy atom. The summed E-state index contributed by atoms with van der Waals surface area (Å²) in [5.74, 6) is -0.219. The van der Waals surface area contributed by atoms with Gasteiger partial charge < -0.3 is 14.7 Å². The van der Waals surface area contributed by atoms with Gasteiger partial charge in [0, 0.05) is 12.9 Å². The average molecular weight is 273 g/mol. The molecule has 18 heavy (non-hydrogen) atoms. The molecule has 0 aromatic carbocycles. The number of carbonyl (C=O) groups excluding carboxylic acids is 1. The van der Waals surface area contributed by atoms with E-state index in [1.807, 2.05) is 0 Å². The predicted molar refractivity (Wildman–Crippen MR) is 68.3 cm³/mol. The van der Waals surface area contributed by atoms with Crippen LogP contribution >= 0.6 is 11.8 Å². The second-order valence-corrected chi connectivity index (χ2v) is 6.49. The van der Waals surface area contributed by atoms with Crippen LogP contribution in [-0.4, -0.2) is 51.8 Å². The molecule has 0 spiro atoms. The molecular formula is C12H19NO4S. The number of carboxylic acid groups (broad SMARTS) is 1. The summed E-state index contributed by atoms with van der Waals surface area (Å²) in [6.45, 7) is 3.36. The number of methoxy groups -OCH3 is 1. The molecule has 0 aromatic heterocycles. The van der Waals surface area contributed by atoms with Crippen molar-refractivity contribution in [1.82, 2.24) is 4.90 Å². The molecule has 2 aliphatic rings. The van der Waals surface area contributed by atoms with Crippen LogP contribution in [0.4, 0.5) is 0 Å². The maximum atomic E-state index is 12.5. The molecule has 2 unspecified atom stereocenters. The van der Waals surface area contributed by atoms with Crippen molar-refractivity contribution in [1.29, 1.82) is 0 Å². The van der Waals surface area contributed by atoms with Gasteiger partial charge in [-0.15, -0.1) is 11.8 Å². The van der Waals surface area contributed by atoms with Gasteiger partial charge in [0.1, 0.15) is 11.6 Å². The smallest absolute Gasteiger partial charge is 0.327 e. The average Bonchev–Trinajstić information content (AvgIpc) is 3.06. The molecule has 1 saturated heterocycles. The molecule has 2 fully saturated rings. The van der Waals surface area contributed by atoms with E-state index in [0.29, 0.717) is 11.7 Å². The number of hydrogen-bond donors (Lipinski definition) is 1. The molecule has 1 saturated carbocycles. The molecule has 1 N–H and O–H groups in total. The Labute approximate surface area is 111 Å². The third kappa shape index (κ3) is 2.36. The highest BCUT2D eigenvalue weighted by Gasteiger charge is 2.50. The predicted octanol–water partition coefficient (Wildman–Crippen LogP) is 1.18. The van der Waals surface area contributed by atoms with Crippen LogP contribution in [0.15, 0.2) is 0 Å². The first-order chi connectivity index (χ1) is 8.38. The minimum absolute atomic E-state index is 0.00743. The van der Waals surface area contributed by atoms with Crippen molar-refractivity contribution in [3.63, 3.8) is 0 Å². The zero-order valence-electron chi connectivity index (χ0n) is 10.9. The van der Waals surface area contributed by atoms with Gasteiger partial charge in [-0.2, -0.15) is 0 Å². The lowest BCUT2D eigenvalue weighted by atomic mass is 10.1. The van der Waals surface area contributed by atoms with Crippen molar-refractivity contribution in [3.05, 3.63) is 0 Å². The van der Waals surface area contributed by atoms with Gasteiger partial charge in [-0.1, -0.05) is 0 Å². The van der Waals surface area contributed by atoms with Gasteiger partial charge in [0.15, 0.2) is 0 Å². The van der Waals surface area contributed by atoms with Crippen LogP contribution in [-0.2, 0) is 14.3 Å². The van der Waals surface area contributed by atoms with Crippen molar-refractivity contribution in [2.45, 2.75) is 43.7 Å². The highest BCUT2D eigenvalue weighted by Crippen LogP contribution is 2.46. The second kappa shape index (κ2) is 4.74. The summed E-state index contributed by atoms with van der Waals surface area (Å²) in [5.41, 5.74) is -0.967. The number of amides is 1. The van der Waals surface area contributed by atoms with Crippen molar-refractivity contribution in [2.75, 3.05) is 12.9 Å². The summed E-state index contributed by atoms with van der Waals surface area (Å²) in [6.07, 6.45) is 2.17. The molecule has 1 aliphatic heterocycles. The highest BCUT2D eigenvalue weighted by molar-refractivity contribution is 8.00. The van der Waals surface area contributed by atoms with E-state index in [1.54, 1.807) is 25.6 Å². The minimum atomic E-state index is -0.967. The fourth-order valence-corrected chi connectivity index (χ4v) is 3.75. The Morgan fingerprint density at radius 2 is 2.00 bits per heavy atom. The molecule has 0 radical (unpaired) electrons. The quantitative estimate of drug-likeness (QED) is 0.833. The number of nitrogens with zero attached hydrogens (tertiary/aromatic N) is 1. The number of carboxylic acids is 1. The number of rotatable bonds is 4. The Balaban J connectivity index is 2.23. The van der Waals surface area contributed by atoms with E-state index < -0.39 is 17.6 Å². The molecule has 6 heteroatoms. The Kier molecular flexibility index (Phi) is 3.60. The summed E-state index contributed by atoms with van der Waals surface area (Å²) in [6, 6.07) is -0.720. The van der Waals surface area contributed by atoms with E-state index in [1.165, 1.54) is 12.0 Å². The standard InChI is InChI=1S/C12H19NO4S/c1-12(2,17-3)11(16)13-8(10(14)15)6-18-9(13)7-4-5-7/h7-9H,4-6H2,1-3H3,(H,14,15). The molecule has 2 atom stereocenters. The van der Waals surface area contributed by atoms with Crippen LogP contribution in [0, 0.1) is 5.92 Å². The largest absolute Gasteiger partial charge is 0.480 e. The third-order valence-corrected chi connectivity index (χ3v) is 5.07. The van der Waals surface area contributed by atoms with Gasteiger partial charge >= 0.3 is 5.97 Å². The molecule has 5 nitrogen and oxygen atoms in total. The SMILES string of the molecule is COC(C)(C)C(=O)N1C(C(=O)O)CSC1C1CC1. The first-order valence-corrected chi connectivity index (χ1v) is 7.15. The zero-order chi connectivity index (χ0) is 13.5. The lowest BCUT2D eigenvalue weighted by Crippen LogP contribution is -2.54. The number of aliphatic carboxylic acids is 1. The summed E-state index contributed by atoms with van der Waals surface area (Å²) < 4.78 is 5.20. The van der Waals surface area contributed by atoms with E-state index in [4.69, 9.17) is 4.74 Å². The van der Waals surface area contributed by atoms with Crippen molar-refractivity contribution >= 4 is 23.6 Å². The van der Waals surface area contributed by atoms with E-state index in [2.05, 4.69) is 0 Å². The van der Waals surface area contributed by atoms with Crippen molar-refractivity contribution in [3.8, 4) is 0 Å². The van der Waals surface area contributed by atoms with Crippen LogP contribution in [0.3, 0.4) is 0 Å². The van der Waals surface area contributed by atoms with Crippen LogP contribution in [0.5, 0.6) is 0 Å². The maximum absolute atomic E-state index is 12.5. The van der Waals surface area contributed by atoms with Crippen molar-refractivity contribution in [2.24, 2.45) is 5.92 Å². The van der Waals surface area contributed by atoms with Crippen LogP contribution in [0.1, 0.15) is 26.7 Å². The van der Waals surface area contributed by atoms with Gasteiger partial charge in [-0.05, 0) is 32.6 Å². The summed E-state index contributed by atoms with van der Waals surface area (Å²) >= 11 is 1.58. The van der Waals surface area contributed by atoms with Crippen LogP contribution < -0.4 is 0 Å². The van der Waals surface area contributed by atoms with Gasteiger partial charge in [-0.3, -0.25) is 4.79 Å². The first-order valence-electron chi connectivity index (χ1n) is 6.11. The fourth-order valence-electron chi connectivity index (χ4n) is 2.12. The minimum Gasteiger partial charge on any atom is -0.480 e. The lowest BCUT2D eigenvalue weighted by Gasteiger charge is -2.34. The fraction of sp³-hybridized carbons (Fsp3) is 0.833. The number of carbonyl (C=O) groups is 2. The number of thioether (sulfide) groups is 1. The van der Waals surface area contributed by atoms with E-state index in [0.717, 1.165) is 12.8 Å². The Morgan fingerprint density at radius 3 is 2.44 bits per heavy atom.